The van der Waals surface area contributed by atoms with Gasteiger partial charge in [0.15, 0.2) is 17.2 Å². The third-order valence-electron chi connectivity index (χ3n) is 4.59. The quantitative estimate of drug-likeness (QED) is 0.471. The van der Waals surface area contributed by atoms with Gasteiger partial charge in [-0.2, -0.15) is 0 Å². The molecule has 3 aromatic rings. The fraction of sp³-hybridized carbons (Fsp3) is 0.0833. The van der Waals surface area contributed by atoms with Crippen LogP contribution in [0.4, 0.5) is 0 Å². The van der Waals surface area contributed by atoms with Gasteiger partial charge < -0.3 is 14.2 Å². The molecule has 0 bridgehead atoms. The molecule has 0 amide bonds. The first kappa shape index (κ1) is 18.5. The van der Waals surface area contributed by atoms with Crippen LogP contribution in [0.2, 0.25) is 0 Å². The number of methoxy groups -OCH3 is 2. The van der Waals surface area contributed by atoms with E-state index in [0.717, 1.165) is 16.7 Å². The second-order valence-electron chi connectivity index (χ2n) is 6.36. The molecule has 0 fully saturated rings. The van der Waals surface area contributed by atoms with Crippen molar-refractivity contribution in [3.63, 3.8) is 0 Å². The Labute approximate surface area is 168 Å². The molecule has 0 saturated heterocycles. The van der Waals surface area contributed by atoms with E-state index in [2.05, 4.69) is 4.99 Å². The lowest BCUT2D eigenvalue weighted by atomic mass is 10.0. The number of hydrogen-bond acceptors (Lipinski definition) is 5. The number of carbonyl (C=O) groups excluding carboxylic acids is 1. The summed E-state index contributed by atoms with van der Waals surface area (Å²) in [6, 6.07) is 23.2. The zero-order valence-corrected chi connectivity index (χ0v) is 16.1. The average Bonchev–Trinajstić information content (AvgIpc) is 3.14. The molecule has 1 aliphatic heterocycles. The lowest BCUT2D eigenvalue weighted by Gasteiger charge is -2.09. The van der Waals surface area contributed by atoms with Crippen molar-refractivity contribution < 1.29 is 19.0 Å². The first-order valence-electron chi connectivity index (χ1n) is 9.09. The molecular weight excluding hydrogens is 366 g/mol. The van der Waals surface area contributed by atoms with Gasteiger partial charge in [-0.15, -0.1) is 0 Å². The van der Waals surface area contributed by atoms with Crippen LogP contribution in [0.5, 0.6) is 11.5 Å². The Morgan fingerprint density at radius 2 is 1.48 bits per heavy atom. The highest BCUT2D eigenvalue weighted by molar-refractivity contribution is 6.13. The average molecular weight is 385 g/mol. The Morgan fingerprint density at radius 1 is 0.793 bits per heavy atom. The van der Waals surface area contributed by atoms with E-state index in [-0.39, 0.29) is 11.6 Å². The maximum Gasteiger partial charge on any atom is 0.363 e. The van der Waals surface area contributed by atoms with Crippen molar-refractivity contribution in [2.75, 3.05) is 14.2 Å². The van der Waals surface area contributed by atoms with Crippen LogP contribution in [0.3, 0.4) is 0 Å². The first-order chi connectivity index (χ1) is 14.2. The maximum atomic E-state index is 12.3. The SMILES string of the molecule is COc1cccc(C=C2N=C(c3ccc(-c4ccccc4)cc3)OC2=O)c1OC. The standard InChI is InChI=1S/C24H19NO4/c1-27-21-10-6-9-19(22(21)28-2)15-20-24(26)29-23(25-20)18-13-11-17(12-14-18)16-7-4-3-5-8-16/h3-15H,1-2H3. The van der Waals surface area contributed by atoms with Crippen LogP contribution in [0, 0.1) is 0 Å². The molecule has 0 unspecified atom stereocenters. The molecular formula is C24H19NO4. The molecule has 29 heavy (non-hydrogen) atoms. The Bertz CT molecular complexity index is 1100. The summed E-state index contributed by atoms with van der Waals surface area (Å²) < 4.78 is 16.1. The van der Waals surface area contributed by atoms with Crippen LogP contribution in [-0.4, -0.2) is 26.1 Å². The van der Waals surface area contributed by atoms with E-state index in [1.807, 2.05) is 66.7 Å². The van der Waals surface area contributed by atoms with Gasteiger partial charge >= 0.3 is 5.97 Å². The van der Waals surface area contributed by atoms with Crippen LogP contribution in [-0.2, 0) is 9.53 Å². The first-order valence-corrected chi connectivity index (χ1v) is 9.09. The predicted octanol–water partition coefficient (Wildman–Crippen LogP) is 4.72. The summed E-state index contributed by atoms with van der Waals surface area (Å²) >= 11 is 0. The molecule has 144 valence electrons. The van der Waals surface area contributed by atoms with Crippen molar-refractivity contribution in [1.82, 2.24) is 0 Å². The van der Waals surface area contributed by atoms with Crippen molar-refractivity contribution in [2.24, 2.45) is 4.99 Å². The third kappa shape index (κ3) is 3.75. The monoisotopic (exact) mass is 385 g/mol. The van der Waals surface area contributed by atoms with E-state index in [1.54, 1.807) is 26.4 Å². The summed E-state index contributed by atoms with van der Waals surface area (Å²) in [4.78, 5) is 16.7. The minimum absolute atomic E-state index is 0.207. The van der Waals surface area contributed by atoms with Crippen LogP contribution < -0.4 is 9.47 Å². The molecule has 5 heteroatoms. The lowest BCUT2D eigenvalue weighted by molar-refractivity contribution is -0.129. The van der Waals surface area contributed by atoms with E-state index in [9.17, 15) is 4.79 Å². The number of rotatable bonds is 5. The Hall–Kier alpha value is -3.86. The number of hydrogen-bond donors (Lipinski definition) is 0. The van der Waals surface area contributed by atoms with Gasteiger partial charge in [-0.1, -0.05) is 54.6 Å². The Kier molecular flexibility index (Phi) is 5.12. The molecule has 5 nitrogen and oxygen atoms in total. The second-order valence-corrected chi connectivity index (χ2v) is 6.36. The second kappa shape index (κ2) is 8.02. The summed E-state index contributed by atoms with van der Waals surface area (Å²) in [5.74, 6) is 0.889. The van der Waals surface area contributed by atoms with Crippen molar-refractivity contribution >= 4 is 17.9 Å². The van der Waals surface area contributed by atoms with Crippen LogP contribution in [0.1, 0.15) is 11.1 Å². The zero-order chi connectivity index (χ0) is 20.2. The summed E-state index contributed by atoms with van der Waals surface area (Å²) in [5, 5.41) is 0. The predicted molar refractivity (Wildman–Crippen MR) is 112 cm³/mol. The molecule has 0 spiro atoms. The van der Waals surface area contributed by atoms with Crippen LogP contribution in [0.25, 0.3) is 17.2 Å². The molecule has 0 aromatic heterocycles. The molecule has 4 rings (SSSR count). The number of benzene rings is 3. The zero-order valence-electron chi connectivity index (χ0n) is 16.1. The number of aliphatic imine (C=N–C) groups is 1. The van der Waals surface area contributed by atoms with Gasteiger partial charge in [-0.25, -0.2) is 9.79 Å². The van der Waals surface area contributed by atoms with Gasteiger partial charge in [0.1, 0.15) is 0 Å². The smallest absolute Gasteiger partial charge is 0.363 e. The fourth-order valence-corrected chi connectivity index (χ4v) is 3.14. The van der Waals surface area contributed by atoms with E-state index < -0.39 is 5.97 Å². The van der Waals surface area contributed by atoms with Crippen molar-refractivity contribution in [3.8, 4) is 22.6 Å². The van der Waals surface area contributed by atoms with Crippen molar-refractivity contribution in [3.05, 3.63) is 89.6 Å². The summed E-state index contributed by atoms with van der Waals surface area (Å²) in [5.41, 5.74) is 3.83. The molecule has 1 heterocycles. The number of nitrogens with zero attached hydrogens (tertiary/aromatic N) is 1. The molecule has 0 radical (unpaired) electrons. The van der Waals surface area contributed by atoms with Gasteiger partial charge in [0, 0.05) is 11.1 Å². The molecule has 0 aliphatic carbocycles. The van der Waals surface area contributed by atoms with Gasteiger partial charge in [0.2, 0.25) is 5.90 Å². The van der Waals surface area contributed by atoms with Crippen LogP contribution in [0.15, 0.2) is 83.5 Å². The highest BCUT2D eigenvalue weighted by Crippen LogP contribution is 2.33. The minimum atomic E-state index is -0.503. The number of cyclic esters (lactones) is 1. The van der Waals surface area contributed by atoms with E-state index in [1.165, 1.54) is 0 Å². The summed E-state index contributed by atoms with van der Waals surface area (Å²) in [6.07, 6.45) is 1.63. The Balaban J connectivity index is 1.64. The largest absolute Gasteiger partial charge is 0.493 e. The number of para-hydroxylation sites is 1. The molecule has 0 saturated carbocycles. The third-order valence-corrected chi connectivity index (χ3v) is 4.59. The highest BCUT2D eigenvalue weighted by atomic mass is 16.6. The lowest BCUT2D eigenvalue weighted by Crippen LogP contribution is -2.05. The highest BCUT2D eigenvalue weighted by Gasteiger charge is 2.25. The van der Waals surface area contributed by atoms with E-state index in [0.29, 0.717) is 17.1 Å². The maximum absolute atomic E-state index is 12.3. The molecule has 0 atom stereocenters. The number of ether oxygens (including phenoxy) is 3. The number of esters is 1. The molecule has 0 N–H and O–H groups in total. The minimum Gasteiger partial charge on any atom is -0.493 e. The fourth-order valence-electron chi connectivity index (χ4n) is 3.14. The van der Waals surface area contributed by atoms with Crippen molar-refractivity contribution in [2.45, 2.75) is 0 Å². The summed E-state index contributed by atoms with van der Waals surface area (Å²) in [6.45, 7) is 0. The Morgan fingerprint density at radius 3 is 2.17 bits per heavy atom. The van der Waals surface area contributed by atoms with Crippen molar-refractivity contribution in [1.29, 1.82) is 0 Å². The van der Waals surface area contributed by atoms with Gasteiger partial charge in [0.25, 0.3) is 0 Å². The van der Waals surface area contributed by atoms with Gasteiger partial charge in [-0.05, 0) is 35.4 Å². The molecule has 3 aromatic carbocycles. The van der Waals surface area contributed by atoms with E-state index in [4.69, 9.17) is 14.2 Å². The van der Waals surface area contributed by atoms with Crippen LogP contribution >= 0.6 is 0 Å². The number of carbonyl (C=O) groups is 1. The topological polar surface area (TPSA) is 57.1 Å². The van der Waals surface area contributed by atoms with Gasteiger partial charge in [-0.3, -0.25) is 0 Å². The van der Waals surface area contributed by atoms with E-state index >= 15 is 0 Å². The normalized spacial score (nSPS) is 14.5. The van der Waals surface area contributed by atoms with Gasteiger partial charge in [0.05, 0.1) is 14.2 Å². The summed E-state index contributed by atoms with van der Waals surface area (Å²) in [7, 11) is 3.11. The molecule has 1 aliphatic rings.